The second-order valence-electron chi connectivity index (χ2n) is 6.32. The first-order valence-corrected chi connectivity index (χ1v) is 8.68. The van der Waals surface area contributed by atoms with Crippen molar-refractivity contribution in [2.75, 3.05) is 38.2 Å². The van der Waals surface area contributed by atoms with E-state index in [4.69, 9.17) is 4.74 Å². The third-order valence-corrected chi connectivity index (χ3v) is 4.78. The first-order valence-electron chi connectivity index (χ1n) is 8.68. The van der Waals surface area contributed by atoms with Gasteiger partial charge in [0.05, 0.1) is 13.5 Å². The molecule has 1 N–H and O–H groups in total. The van der Waals surface area contributed by atoms with Gasteiger partial charge >= 0.3 is 0 Å². The number of H-pyrrole nitrogens is 1. The second kappa shape index (κ2) is 7.03. The third kappa shape index (κ3) is 3.20. The van der Waals surface area contributed by atoms with Crippen molar-refractivity contribution in [3.05, 3.63) is 48.4 Å². The molecule has 1 aromatic carbocycles. The minimum Gasteiger partial charge on any atom is -0.497 e. The Morgan fingerprint density at radius 1 is 1.19 bits per heavy atom. The van der Waals surface area contributed by atoms with E-state index < -0.39 is 0 Å². The Balaban J connectivity index is 1.42. The summed E-state index contributed by atoms with van der Waals surface area (Å²) in [5.74, 6) is 1.66. The highest BCUT2D eigenvalue weighted by atomic mass is 16.5. The summed E-state index contributed by atoms with van der Waals surface area (Å²) in [6, 6.07) is 7.66. The molecule has 0 aliphatic carbocycles. The lowest BCUT2D eigenvalue weighted by Crippen LogP contribution is -2.49. The van der Waals surface area contributed by atoms with Crippen LogP contribution in [0.2, 0.25) is 0 Å². The number of anilines is 1. The van der Waals surface area contributed by atoms with Gasteiger partial charge in [0.2, 0.25) is 11.9 Å². The van der Waals surface area contributed by atoms with E-state index in [9.17, 15) is 4.79 Å². The maximum Gasteiger partial charge on any atom is 0.227 e. The van der Waals surface area contributed by atoms with Gasteiger partial charge in [0, 0.05) is 55.7 Å². The average molecular weight is 351 g/mol. The van der Waals surface area contributed by atoms with Crippen LogP contribution < -0.4 is 9.64 Å². The highest BCUT2D eigenvalue weighted by molar-refractivity contribution is 5.89. The van der Waals surface area contributed by atoms with Gasteiger partial charge in [-0.2, -0.15) is 0 Å². The second-order valence-corrected chi connectivity index (χ2v) is 6.32. The predicted molar refractivity (Wildman–Crippen MR) is 99.4 cm³/mol. The summed E-state index contributed by atoms with van der Waals surface area (Å²) in [6.07, 6.45) is 5.78. The lowest BCUT2D eigenvalue weighted by atomic mass is 10.1. The van der Waals surface area contributed by atoms with Crippen molar-refractivity contribution in [3.8, 4) is 5.75 Å². The first-order chi connectivity index (χ1) is 12.7. The van der Waals surface area contributed by atoms with E-state index in [1.165, 1.54) is 0 Å². The maximum atomic E-state index is 12.7. The van der Waals surface area contributed by atoms with Gasteiger partial charge in [-0.05, 0) is 29.8 Å². The zero-order valence-electron chi connectivity index (χ0n) is 14.7. The van der Waals surface area contributed by atoms with Gasteiger partial charge in [-0.1, -0.05) is 0 Å². The van der Waals surface area contributed by atoms with E-state index in [1.807, 2.05) is 29.3 Å². The van der Waals surface area contributed by atoms with E-state index in [1.54, 1.807) is 25.6 Å². The molecule has 26 heavy (non-hydrogen) atoms. The van der Waals surface area contributed by atoms with Crippen LogP contribution in [0.25, 0.3) is 10.9 Å². The fourth-order valence-electron chi connectivity index (χ4n) is 3.32. The molecule has 7 heteroatoms. The SMILES string of the molecule is COc1ccc2[nH]cc(CC(=O)N3CCN(c4ncccn4)CC3)c2c1. The lowest BCUT2D eigenvalue weighted by Gasteiger charge is -2.34. The third-order valence-electron chi connectivity index (χ3n) is 4.78. The van der Waals surface area contributed by atoms with Crippen LogP contribution in [-0.2, 0) is 11.2 Å². The minimum absolute atomic E-state index is 0.141. The van der Waals surface area contributed by atoms with E-state index in [-0.39, 0.29) is 5.91 Å². The molecule has 3 aromatic rings. The largest absolute Gasteiger partial charge is 0.497 e. The number of piperazine rings is 1. The Morgan fingerprint density at radius 3 is 2.69 bits per heavy atom. The molecule has 0 unspecified atom stereocenters. The number of methoxy groups -OCH3 is 1. The van der Waals surface area contributed by atoms with Crippen LogP contribution in [0.3, 0.4) is 0 Å². The van der Waals surface area contributed by atoms with Gasteiger partial charge in [0.15, 0.2) is 0 Å². The number of rotatable bonds is 4. The molecule has 0 spiro atoms. The Kier molecular flexibility index (Phi) is 4.43. The number of carbonyl (C=O) groups is 1. The first kappa shape index (κ1) is 16.4. The number of hydrogen-bond donors (Lipinski definition) is 1. The number of amides is 1. The van der Waals surface area contributed by atoms with Crippen LogP contribution >= 0.6 is 0 Å². The number of hydrogen-bond acceptors (Lipinski definition) is 5. The van der Waals surface area contributed by atoms with E-state index >= 15 is 0 Å². The molecule has 3 heterocycles. The Morgan fingerprint density at radius 2 is 1.96 bits per heavy atom. The topological polar surface area (TPSA) is 74.4 Å². The van der Waals surface area contributed by atoms with Crippen LogP contribution in [0.5, 0.6) is 5.75 Å². The van der Waals surface area contributed by atoms with Gasteiger partial charge in [-0.3, -0.25) is 4.79 Å². The van der Waals surface area contributed by atoms with Gasteiger partial charge in [0.1, 0.15) is 5.75 Å². The summed E-state index contributed by atoms with van der Waals surface area (Å²) in [4.78, 5) is 28.5. The van der Waals surface area contributed by atoms with Crippen LogP contribution in [0.15, 0.2) is 42.9 Å². The predicted octanol–water partition coefficient (Wildman–Crippen LogP) is 1.86. The quantitative estimate of drug-likeness (QED) is 0.777. The molecular formula is C19H21N5O2. The van der Waals surface area contributed by atoms with Gasteiger partial charge in [-0.25, -0.2) is 9.97 Å². The van der Waals surface area contributed by atoms with Crippen LogP contribution in [0, 0.1) is 0 Å². The molecule has 1 aliphatic rings. The number of carbonyl (C=O) groups excluding carboxylic acids is 1. The Labute approximate surface area is 151 Å². The molecule has 1 saturated heterocycles. The van der Waals surface area contributed by atoms with Gasteiger partial charge < -0.3 is 19.5 Å². The lowest BCUT2D eigenvalue weighted by molar-refractivity contribution is -0.130. The Hall–Kier alpha value is -3.09. The number of aromatic amines is 1. The normalized spacial score (nSPS) is 14.7. The van der Waals surface area contributed by atoms with E-state index in [2.05, 4.69) is 19.9 Å². The number of ether oxygens (including phenoxy) is 1. The zero-order chi connectivity index (χ0) is 17.9. The molecule has 4 rings (SSSR count). The van der Waals surface area contributed by atoms with Crippen molar-refractivity contribution in [1.29, 1.82) is 0 Å². The summed E-state index contributed by atoms with van der Waals surface area (Å²) < 4.78 is 5.30. The van der Waals surface area contributed by atoms with Crippen molar-refractivity contribution in [3.63, 3.8) is 0 Å². The monoisotopic (exact) mass is 351 g/mol. The summed E-state index contributed by atoms with van der Waals surface area (Å²) in [5, 5.41) is 1.04. The molecule has 1 amide bonds. The standard InChI is InChI=1S/C19H21N5O2/c1-26-15-3-4-17-16(12-15)14(13-22-17)11-18(25)23-7-9-24(10-8-23)19-20-5-2-6-21-19/h2-6,12-13,22H,7-11H2,1H3. The Bertz CT molecular complexity index is 901. The minimum atomic E-state index is 0.141. The molecule has 0 radical (unpaired) electrons. The molecule has 1 aliphatic heterocycles. The molecule has 1 fully saturated rings. The summed E-state index contributed by atoms with van der Waals surface area (Å²) >= 11 is 0. The fourth-order valence-corrected chi connectivity index (χ4v) is 3.32. The molecule has 7 nitrogen and oxygen atoms in total. The molecule has 0 atom stereocenters. The number of benzene rings is 1. The van der Waals surface area contributed by atoms with E-state index in [0.29, 0.717) is 19.5 Å². The van der Waals surface area contributed by atoms with Crippen LogP contribution in [-0.4, -0.2) is 59.0 Å². The van der Waals surface area contributed by atoms with Crippen LogP contribution in [0.1, 0.15) is 5.56 Å². The van der Waals surface area contributed by atoms with Crippen molar-refractivity contribution >= 4 is 22.8 Å². The van der Waals surface area contributed by atoms with Crippen molar-refractivity contribution in [1.82, 2.24) is 19.9 Å². The smallest absolute Gasteiger partial charge is 0.227 e. The molecule has 2 aromatic heterocycles. The molecular weight excluding hydrogens is 330 g/mol. The highest BCUT2D eigenvalue weighted by Crippen LogP contribution is 2.24. The number of nitrogens with one attached hydrogen (secondary N) is 1. The molecule has 0 bridgehead atoms. The van der Waals surface area contributed by atoms with Crippen molar-refractivity contribution < 1.29 is 9.53 Å². The highest BCUT2D eigenvalue weighted by Gasteiger charge is 2.23. The number of fused-ring (bicyclic) bond motifs is 1. The zero-order valence-corrected chi connectivity index (χ0v) is 14.7. The van der Waals surface area contributed by atoms with E-state index in [0.717, 1.165) is 41.3 Å². The summed E-state index contributed by atoms with van der Waals surface area (Å²) in [5.41, 5.74) is 2.01. The summed E-state index contributed by atoms with van der Waals surface area (Å²) in [7, 11) is 1.65. The molecule has 134 valence electrons. The fraction of sp³-hybridized carbons (Fsp3) is 0.316. The van der Waals surface area contributed by atoms with Crippen molar-refractivity contribution in [2.24, 2.45) is 0 Å². The maximum absolute atomic E-state index is 12.7. The van der Waals surface area contributed by atoms with Crippen LogP contribution in [0.4, 0.5) is 5.95 Å². The van der Waals surface area contributed by atoms with Gasteiger partial charge in [0.25, 0.3) is 0 Å². The van der Waals surface area contributed by atoms with Gasteiger partial charge in [-0.15, -0.1) is 0 Å². The number of aromatic nitrogens is 3. The van der Waals surface area contributed by atoms with Crippen molar-refractivity contribution in [2.45, 2.75) is 6.42 Å². The summed E-state index contributed by atoms with van der Waals surface area (Å²) in [6.45, 7) is 2.86. The number of nitrogens with zero attached hydrogens (tertiary/aromatic N) is 4. The molecule has 0 saturated carbocycles. The average Bonchev–Trinajstić information content (AvgIpc) is 3.10.